The van der Waals surface area contributed by atoms with Crippen molar-refractivity contribution in [2.75, 3.05) is 39.7 Å². The number of amidine groups is 1. The summed E-state index contributed by atoms with van der Waals surface area (Å²) in [5, 5.41) is 16.3. The van der Waals surface area contributed by atoms with E-state index in [1.165, 1.54) is 21.3 Å². The van der Waals surface area contributed by atoms with E-state index in [2.05, 4.69) is 20.7 Å². The molecule has 0 fully saturated rings. The van der Waals surface area contributed by atoms with Gasteiger partial charge in [0.25, 0.3) is 5.91 Å². The van der Waals surface area contributed by atoms with E-state index in [4.69, 9.17) is 20.6 Å². The summed E-state index contributed by atoms with van der Waals surface area (Å²) in [5.41, 5.74) is 8.81. The van der Waals surface area contributed by atoms with E-state index >= 15 is 0 Å². The minimum absolute atomic E-state index is 0.0739. The van der Waals surface area contributed by atoms with Crippen LogP contribution in [-0.4, -0.2) is 52.3 Å². The van der Waals surface area contributed by atoms with Gasteiger partial charge in [-0.1, -0.05) is 12.1 Å². The quantitative estimate of drug-likeness (QED) is 0.214. The first-order chi connectivity index (χ1) is 15.3. The first kappa shape index (κ1) is 24.3. The zero-order chi connectivity index (χ0) is 23.7. The average Bonchev–Trinajstić information content (AvgIpc) is 2.80. The van der Waals surface area contributed by atoms with Crippen LogP contribution < -0.4 is 31.2 Å². The van der Waals surface area contributed by atoms with Gasteiger partial charge in [0.2, 0.25) is 0 Å². The molecule has 10 nitrogen and oxygen atoms in total. The fraction of sp³-hybridized carbons (Fsp3) is 0.318. The number of nitrogen functional groups attached to an aromatic ring is 1. The highest BCUT2D eigenvalue weighted by Gasteiger charge is 2.14. The van der Waals surface area contributed by atoms with Crippen molar-refractivity contribution >= 4 is 23.5 Å². The van der Waals surface area contributed by atoms with E-state index < -0.39 is 6.09 Å². The van der Waals surface area contributed by atoms with Crippen LogP contribution in [0.4, 0.5) is 10.5 Å². The Morgan fingerprint density at radius 2 is 1.62 bits per heavy atom. The number of hydrogen-bond acceptors (Lipinski definition) is 7. The normalized spacial score (nSPS) is 10.1. The summed E-state index contributed by atoms with van der Waals surface area (Å²) in [6, 6.07) is 8.52. The Hall–Kier alpha value is -3.95. The predicted molar refractivity (Wildman–Crippen MR) is 122 cm³/mol. The van der Waals surface area contributed by atoms with E-state index in [-0.39, 0.29) is 18.3 Å². The van der Waals surface area contributed by atoms with Gasteiger partial charge in [-0.25, -0.2) is 4.79 Å². The minimum Gasteiger partial charge on any atom is -0.496 e. The molecule has 0 unspecified atom stereocenters. The van der Waals surface area contributed by atoms with E-state index in [9.17, 15) is 9.59 Å². The van der Waals surface area contributed by atoms with E-state index in [1.807, 2.05) is 6.92 Å². The number of carbonyl (C=O) groups excluding carboxylic acids is 2. The molecule has 32 heavy (non-hydrogen) atoms. The van der Waals surface area contributed by atoms with Gasteiger partial charge in [-0.15, -0.1) is 0 Å². The van der Waals surface area contributed by atoms with Crippen molar-refractivity contribution < 1.29 is 23.8 Å². The van der Waals surface area contributed by atoms with Crippen molar-refractivity contribution in [1.82, 2.24) is 10.6 Å². The van der Waals surface area contributed by atoms with Gasteiger partial charge < -0.3 is 35.9 Å². The molecule has 2 rings (SSSR count). The van der Waals surface area contributed by atoms with Gasteiger partial charge >= 0.3 is 6.09 Å². The van der Waals surface area contributed by atoms with Crippen molar-refractivity contribution in [2.45, 2.75) is 13.5 Å². The number of alkyl carbamates (subject to hydrolysis) is 1. The number of rotatable bonds is 10. The number of benzene rings is 2. The zero-order valence-corrected chi connectivity index (χ0v) is 18.6. The molecular weight excluding hydrogens is 414 g/mol. The number of carbonyl (C=O) groups is 2. The molecule has 0 aliphatic heterocycles. The molecule has 0 aliphatic rings. The Morgan fingerprint density at radius 3 is 2.19 bits per heavy atom. The summed E-state index contributed by atoms with van der Waals surface area (Å²) < 4.78 is 15.2. The van der Waals surface area contributed by atoms with E-state index in [0.717, 1.165) is 11.1 Å². The highest BCUT2D eigenvalue weighted by Crippen LogP contribution is 2.29. The Morgan fingerprint density at radius 1 is 0.969 bits per heavy atom. The fourth-order valence-electron chi connectivity index (χ4n) is 2.99. The zero-order valence-electron chi connectivity index (χ0n) is 18.6. The molecule has 0 bridgehead atoms. The van der Waals surface area contributed by atoms with Gasteiger partial charge in [0.1, 0.15) is 17.3 Å². The lowest BCUT2D eigenvalue weighted by atomic mass is 10.1. The summed E-state index contributed by atoms with van der Waals surface area (Å²) in [7, 11) is 4.36. The van der Waals surface area contributed by atoms with Crippen LogP contribution in [0.15, 0.2) is 30.3 Å². The average molecular weight is 444 g/mol. The second-order valence-electron chi connectivity index (χ2n) is 6.82. The maximum atomic E-state index is 12.8. The molecular formula is C22H29N5O5. The summed E-state index contributed by atoms with van der Waals surface area (Å²) in [6.45, 7) is 2.81. The van der Waals surface area contributed by atoms with Gasteiger partial charge in [0.05, 0.1) is 21.3 Å². The maximum Gasteiger partial charge on any atom is 0.406 e. The summed E-state index contributed by atoms with van der Waals surface area (Å²) in [5.74, 6) is 0.743. The third-order valence-electron chi connectivity index (χ3n) is 4.77. The third-order valence-corrected chi connectivity index (χ3v) is 4.77. The van der Waals surface area contributed by atoms with E-state index in [1.54, 1.807) is 30.3 Å². The lowest BCUT2D eigenvalue weighted by Gasteiger charge is -2.16. The molecule has 0 aliphatic carbocycles. The molecule has 0 spiro atoms. The van der Waals surface area contributed by atoms with Crippen LogP contribution in [0.5, 0.6) is 11.5 Å². The molecule has 2 amide bonds. The highest BCUT2D eigenvalue weighted by molar-refractivity contribution is 5.96. The second kappa shape index (κ2) is 11.4. The number of amides is 2. The Labute approximate surface area is 186 Å². The number of hydrogen-bond donors (Lipinski definition) is 5. The molecule has 2 aromatic carbocycles. The molecule has 2 aromatic rings. The van der Waals surface area contributed by atoms with Crippen LogP contribution in [0.2, 0.25) is 0 Å². The minimum atomic E-state index is -0.527. The lowest BCUT2D eigenvalue weighted by Crippen LogP contribution is -2.29. The van der Waals surface area contributed by atoms with Crippen LogP contribution in [0.25, 0.3) is 0 Å². The number of methoxy groups -OCH3 is 3. The van der Waals surface area contributed by atoms with Crippen molar-refractivity contribution in [3.63, 3.8) is 0 Å². The number of nitrogens with two attached hydrogens (primary N) is 1. The second-order valence-corrected chi connectivity index (χ2v) is 6.82. The smallest absolute Gasteiger partial charge is 0.406 e. The predicted octanol–water partition coefficient (Wildman–Crippen LogP) is 1.99. The summed E-state index contributed by atoms with van der Waals surface area (Å²) in [6.07, 6.45) is -0.527. The highest BCUT2D eigenvalue weighted by atomic mass is 16.5. The lowest BCUT2D eigenvalue weighted by molar-refractivity contribution is 0.0950. The fourth-order valence-corrected chi connectivity index (χ4v) is 2.99. The summed E-state index contributed by atoms with van der Waals surface area (Å²) >= 11 is 0. The maximum absolute atomic E-state index is 12.8. The van der Waals surface area contributed by atoms with Gasteiger partial charge in [-0.2, -0.15) is 0 Å². The first-order valence-electron chi connectivity index (χ1n) is 9.84. The number of anilines is 1. The van der Waals surface area contributed by atoms with Crippen molar-refractivity contribution in [2.24, 2.45) is 5.73 Å². The van der Waals surface area contributed by atoms with E-state index in [0.29, 0.717) is 41.4 Å². The van der Waals surface area contributed by atoms with Crippen LogP contribution >= 0.6 is 0 Å². The van der Waals surface area contributed by atoms with Crippen LogP contribution in [-0.2, 0) is 11.3 Å². The molecule has 0 saturated heterocycles. The molecule has 0 aromatic heterocycles. The van der Waals surface area contributed by atoms with Crippen LogP contribution in [0, 0.1) is 12.3 Å². The molecule has 0 heterocycles. The Bertz CT molecular complexity index is 968. The number of nitrogens with one attached hydrogen (secondary N) is 4. The topological polar surface area (TPSA) is 148 Å². The van der Waals surface area contributed by atoms with Crippen molar-refractivity contribution in [3.8, 4) is 11.5 Å². The van der Waals surface area contributed by atoms with Crippen molar-refractivity contribution in [3.05, 3.63) is 52.6 Å². The molecule has 6 N–H and O–H groups in total. The third kappa shape index (κ3) is 6.27. The SMILES string of the molecule is COC(=O)NCCNc1cc(C(=N)N)ccc1CNC(=O)c1cc(OC)c(C)c(OC)c1. The van der Waals surface area contributed by atoms with Gasteiger partial charge in [0, 0.05) is 42.0 Å². The Kier molecular flexibility index (Phi) is 8.70. The van der Waals surface area contributed by atoms with Gasteiger partial charge in [-0.05, 0) is 30.7 Å². The first-order valence-corrected chi connectivity index (χ1v) is 9.84. The van der Waals surface area contributed by atoms with Crippen molar-refractivity contribution in [1.29, 1.82) is 5.41 Å². The monoisotopic (exact) mass is 443 g/mol. The molecule has 0 atom stereocenters. The van der Waals surface area contributed by atoms with Gasteiger partial charge in [-0.3, -0.25) is 10.2 Å². The van der Waals surface area contributed by atoms with Crippen LogP contribution in [0.1, 0.15) is 27.0 Å². The van der Waals surface area contributed by atoms with Crippen LogP contribution in [0.3, 0.4) is 0 Å². The molecule has 172 valence electrons. The van der Waals surface area contributed by atoms with Gasteiger partial charge in [0.15, 0.2) is 0 Å². The molecule has 0 saturated carbocycles. The Balaban J connectivity index is 2.15. The number of ether oxygens (including phenoxy) is 3. The largest absolute Gasteiger partial charge is 0.496 e. The standard InChI is InChI=1S/C22H29N5O5/c1-13-18(30-2)10-16(11-19(13)31-3)21(28)27-12-15-6-5-14(20(23)24)9-17(15)25-7-8-26-22(29)32-4/h5-6,9-11,25H,7-8,12H2,1-4H3,(H3,23,24)(H,26,29)(H,27,28). The molecule has 10 heteroatoms. The summed E-state index contributed by atoms with van der Waals surface area (Å²) in [4.78, 5) is 23.9. The molecule has 0 radical (unpaired) electrons.